The van der Waals surface area contributed by atoms with Gasteiger partial charge in [-0.2, -0.15) is 0 Å². The number of esters is 1. The van der Waals surface area contributed by atoms with Gasteiger partial charge in [-0.05, 0) is 49.2 Å². The summed E-state index contributed by atoms with van der Waals surface area (Å²) in [5.41, 5.74) is 0.233. The van der Waals surface area contributed by atoms with E-state index in [9.17, 15) is 14.0 Å². The predicted molar refractivity (Wildman–Crippen MR) is 92.5 cm³/mol. The van der Waals surface area contributed by atoms with Crippen molar-refractivity contribution in [2.24, 2.45) is 0 Å². The topological polar surface area (TPSA) is 81.4 Å². The minimum atomic E-state index is -1.72. The number of halogens is 1. The third kappa shape index (κ3) is 2.92. The van der Waals surface area contributed by atoms with Crippen molar-refractivity contribution in [3.05, 3.63) is 48.3 Å². The molecule has 1 aliphatic rings. The number of rotatable bonds is 4. The number of fused-ring (bicyclic) bond motifs is 1. The molecule has 3 aromatic rings. The molecule has 0 aliphatic heterocycles. The quantitative estimate of drug-likeness (QED) is 0.722. The van der Waals surface area contributed by atoms with E-state index >= 15 is 0 Å². The predicted octanol–water partition coefficient (Wildman–Crippen LogP) is 3.72. The van der Waals surface area contributed by atoms with Gasteiger partial charge in [-0.1, -0.05) is 0 Å². The molecule has 0 radical (unpaired) electrons. The van der Waals surface area contributed by atoms with E-state index in [1.807, 2.05) is 0 Å². The molecule has 1 N–H and O–H groups in total. The third-order valence-corrected chi connectivity index (χ3v) is 4.31. The Bertz CT molecular complexity index is 1020. The Morgan fingerprint density at radius 2 is 2.04 bits per heavy atom. The van der Waals surface area contributed by atoms with Gasteiger partial charge in [-0.25, -0.2) is 14.2 Å². The Morgan fingerprint density at radius 3 is 2.77 bits per heavy atom. The number of anilines is 1. The Hall–Kier alpha value is -3.22. The van der Waals surface area contributed by atoms with Gasteiger partial charge in [0.25, 0.3) is 5.91 Å². The zero-order valence-corrected chi connectivity index (χ0v) is 13.9. The molecule has 2 heterocycles. The number of ether oxygens (including phenoxy) is 1. The largest absolute Gasteiger partial charge is 0.464 e. The fraction of sp³-hybridized carbons (Fsp3) is 0.211. The van der Waals surface area contributed by atoms with Crippen molar-refractivity contribution < 1.29 is 23.1 Å². The Balaban J connectivity index is 1.63. The lowest BCUT2D eigenvalue weighted by Crippen LogP contribution is -2.25. The second-order valence-corrected chi connectivity index (χ2v) is 6.20. The Kier molecular flexibility index (Phi) is 3.72. The lowest BCUT2D eigenvalue weighted by Gasteiger charge is -2.07. The summed E-state index contributed by atoms with van der Waals surface area (Å²) in [5.74, 6) is -0.606. The number of methoxy groups -OCH3 is 1. The third-order valence-electron chi connectivity index (χ3n) is 4.31. The molecule has 0 bridgehead atoms. The number of furan rings is 1. The molecule has 1 aromatic carbocycles. The van der Waals surface area contributed by atoms with Crippen LogP contribution in [0.4, 0.5) is 10.1 Å². The summed E-state index contributed by atoms with van der Waals surface area (Å²) in [4.78, 5) is 27.4. The smallest absolute Gasteiger partial charge is 0.356 e. The number of alkyl halides is 1. The first-order chi connectivity index (χ1) is 12.5. The van der Waals surface area contributed by atoms with Crippen molar-refractivity contribution >= 4 is 28.5 Å². The molecular weight excluding hydrogens is 339 g/mol. The van der Waals surface area contributed by atoms with Crippen molar-refractivity contribution in [1.82, 2.24) is 4.98 Å². The summed E-state index contributed by atoms with van der Waals surface area (Å²) in [6, 6.07) is 10.2. The Labute approximate surface area is 148 Å². The number of nitrogens with zero attached hydrogens (tertiary/aromatic N) is 1. The number of nitrogens with one attached hydrogen (secondary N) is 1. The van der Waals surface area contributed by atoms with E-state index in [0.29, 0.717) is 22.6 Å². The molecule has 1 aliphatic carbocycles. The van der Waals surface area contributed by atoms with Gasteiger partial charge in [-0.3, -0.25) is 4.79 Å². The summed E-state index contributed by atoms with van der Waals surface area (Å²) in [6.07, 6.45) is 2.03. The maximum absolute atomic E-state index is 13.8. The molecule has 6 nitrogen and oxygen atoms in total. The van der Waals surface area contributed by atoms with Crippen LogP contribution in [-0.4, -0.2) is 29.6 Å². The molecular formula is C19H15FN2O4. The van der Waals surface area contributed by atoms with E-state index in [1.165, 1.54) is 13.3 Å². The van der Waals surface area contributed by atoms with Crippen LogP contribution in [0.15, 0.2) is 47.0 Å². The summed E-state index contributed by atoms with van der Waals surface area (Å²) >= 11 is 0. The zero-order valence-electron chi connectivity index (χ0n) is 13.9. The van der Waals surface area contributed by atoms with Crippen LogP contribution < -0.4 is 5.32 Å². The molecule has 26 heavy (non-hydrogen) atoms. The number of amides is 1. The number of carbonyl (C=O) groups is 2. The minimum absolute atomic E-state index is 0.177. The molecule has 0 atom stereocenters. The van der Waals surface area contributed by atoms with Gasteiger partial charge in [-0.15, -0.1) is 0 Å². The average molecular weight is 354 g/mol. The van der Waals surface area contributed by atoms with Crippen LogP contribution >= 0.6 is 0 Å². The minimum Gasteiger partial charge on any atom is -0.464 e. The van der Waals surface area contributed by atoms with Crippen molar-refractivity contribution in [2.75, 3.05) is 12.4 Å². The highest BCUT2D eigenvalue weighted by molar-refractivity contribution is 6.00. The SMILES string of the molecule is COC(=O)c1cc(-c2cc3cc(NC(=O)C4(F)CC4)ccc3o2)ccn1. The fourth-order valence-corrected chi connectivity index (χ4v) is 2.64. The molecule has 0 saturated heterocycles. The van der Waals surface area contributed by atoms with Crippen molar-refractivity contribution in [3.8, 4) is 11.3 Å². The monoisotopic (exact) mass is 354 g/mol. The number of benzene rings is 1. The summed E-state index contributed by atoms with van der Waals surface area (Å²) < 4.78 is 24.2. The highest BCUT2D eigenvalue weighted by atomic mass is 19.1. The van der Waals surface area contributed by atoms with Gasteiger partial charge in [0.05, 0.1) is 7.11 Å². The first kappa shape index (κ1) is 16.3. The van der Waals surface area contributed by atoms with Gasteiger partial charge in [0.15, 0.2) is 5.67 Å². The van der Waals surface area contributed by atoms with Crippen molar-refractivity contribution in [2.45, 2.75) is 18.5 Å². The zero-order chi connectivity index (χ0) is 18.3. The molecule has 1 fully saturated rings. The molecule has 2 aromatic heterocycles. The van der Waals surface area contributed by atoms with E-state index in [0.717, 1.165) is 5.39 Å². The van der Waals surface area contributed by atoms with E-state index < -0.39 is 17.5 Å². The molecule has 0 spiro atoms. The highest BCUT2D eigenvalue weighted by Crippen LogP contribution is 2.41. The van der Waals surface area contributed by atoms with Gasteiger partial charge in [0, 0.05) is 22.8 Å². The van der Waals surface area contributed by atoms with E-state index in [2.05, 4.69) is 15.0 Å². The van der Waals surface area contributed by atoms with Crippen LogP contribution in [0.5, 0.6) is 0 Å². The molecule has 1 amide bonds. The van der Waals surface area contributed by atoms with Crippen molar-refractivity contribution in [1.29, 1.82) is 0 Å². The number of pyridine rings is 1. The maximum atomic E-state index is 13.8. The van der Waals surface area contributed by atoms with Crippen LogP contribution in [-0.2, 0) is 9.53 Å². The summed E-state index contributed by atoms with van der Waals surface area (Å²) in [7, 11) is 1.29. The number of aromatic nitrogens is 1. The Morgan fingerprint density at radius 1 is 1.23 bits per heavy atom. The van der Waals surface area contributed by atoms with Crippen LogP contribution in [0, 0.1) is 0 Å². The van der Waals surface area contributed by atoms with E-state index in [4.69, 9.17) is 4.42 Å². The van der Waals surface area contributed by atoms with Crippen LogP contribution in [0.1, 0.15) is 23.3 Å². The van der Waals surface area contributed by atoms with Crippen LogP contribution in [0.3, 0.4) is 0 Å². The fourth-order valence-electron chi connectivity index (χ4n) is 2.64. The van der Waals surface area contributed by atoms with E-state index in [1.54, 1.807) is 36.4 Å². The second kappa shape index (κ2) is 5.94. The van der Waals surface area contributed by atoms with Gasteiger partial charge in [0.1, 0.15) is 17.0 Å². The molecule has 0 unspecified atom stereocenters. The normalized spacial score (nSPS) is 14.8. The number of hydrogen-bond acceptors (Lipinski definition) is 5. The molecule has 4 rings (SSSR count). The van der Waals surface area contributed by atoms with Crippen LogP contribution in [0.2, 0.25) is 0 Å². The number of carbonyl (C=O) groups excluding carboxylic acids is 2. The van der Waals surface area contributed by atoms with Gasteiger partial charge < -0.3 is 14.5 Å². The lowest BCUT2D eigenvalue weighted by molar-refractivity contribution is -0.122. The lowest BCUT2D eigenvalue weighted by atomic mass is 10.1. The second-order valence-electron chi connectivity index (χ2n) is 6.20. The van der Waals surface area contributed by atoms with Crippen LogP contribution in [0.25, 0.3) is 22.3 Å². The van der Waals surface area contributed by atoms with Crippen molar-refractivity contribution in [3.63, 3.8) is 0 Å². The van der Waals surface area contributed by atoms with E-state index in [-0.39, 0.29) is 18.5 Å². The molecule has 1 saturated carbocycles. The standard InChI is InChI=1S/C19H15FN2O4/c1-25-17(23)14-9-11(4-7-21-14)16-10-12-8-13(2-3-15(12)26-16)22-18(24)19(20)5-6-19/h2-4,7-10H,5-6H2,1H3,(H,22,24). The maximum Gasteiger partial charge on any atom is 0.356 e. The van der Waals surface area contributed by atoms with Gasteiger partial charge >= 0.3 is 5.97 Å². The summed E-state index contributed by atoms with van der Waals surface area (Å²) in [5, 5.41) is 3.34. The first-order valence-electron chi connectivity index (χ1n) is 8.07. The molecule has 7 heteroatoms. The van der Waals surface area contributed by atoms with Gasteiger partial charge in [0.2, 0.25) is 0 Å². The molecule has 132 valence electrons. The number of hydrogen-bond donors (Lipinski definition) is 1. The first-order valence-corrected chi connectivity index (χ1v) is 8.07. The average Bonchev–Trinajstić information content (AvgIpc) is 3.27. The highest BCUT2D eigenvalue weighted by Gasteiger charge is 2.50. The summed E-state index contributed by atoms with van der Waals surface area (Å²) in [6.45, 7) is 0.